The Morgan fingerprint density at radius 3 is 2.63 bits per heavy atom. The molecule has 4 heteroatoms. The van der Waals surface area contributed by atoms with Crippen LogP contribution >= 0.6 is 0 Å². The van der Waals surface area contributed by atoms with Gasteiger partial charge in [-0.15, -0.1) is 0 Å². The van der Waals surface area contributed by atoms with Gasteiger partial charge >= 0.3 is 0 Å². The van der Waals surface area contributed by atoms with E-state index in [9.17, 15) is 4.39 Å². The molecule has 1 heterocycles. The van der Waals surface area contributed by atoms with E-state index < -0.39 is 0 Å². The van der Waals surface area contributed by atoms with Crippen LogP contribution in [0.2, 0.25) is 0 Å². The molecule has 3 rings (SSSR count). The lowest BCUT2D eigenvalue weighted by molar-refractivity contribution is 0.435. The molecule has 0 amide bonds. The first-order chi connectivity index (χ1) is 9.25. The van der Waals surface area contributed by atoms with Crippen molar-refractivity contribution in [2.75, 3.05) is 5.73 Å². The highest BCUT2D eigenvalue weighted by molar-refractivity contribution is 5.46. The molecule has 19 heavy (non-hydrogen) atoms. The Morgan fingerprint density at radius 1 is 1.16 bits per heavy atom. The average Bonchev–Trinajstić information content (AvgIpc) is 2.82. The molecule has 0 radical (unpaired) electrons. The van der Waals surface area contributed by atoms with Crippen LogP contribution in [0.15, 0.2) is 30.5 Å². The van der Waals surface area contributed by atoms with Crippen LogP contribution in [0.1, 0.15) is 43.7 Å². The maximum Gasteiger partial charge on any atom is 0.148 e. The highest BCUT2D eigenvalue weighted by Crippen LogP contribution is 2.34. The summed E-state index contributed by atoms with van der Waals surface area (Å²) in [4.78, 5) is 0. The van der Waals surface area contributed by atoms with Crippen molar-refractivity contribution in [3.63, 3.8) is 0 Å². The molecule has 1 fully saturated rings. The second-order valence-corrected chi connectivity index (χ2v) is 5.20. The van der Waals surface area contributed by atoms with Crippen molar-refractivity contribution in [1.82, 2.24) is 9.78 Å². The van der Waals surface area contributed by atoms with Crippen LogP contribution < -0.4 is 5.73 Å². The molecule has 2 N–H and O–H groups in total. The molecule has 0 spiro atoms. The van der Waals surface area contributed by atoms with E-state index in [1.807, 2.05) is 0 Å². The number of hydrogen-bond acceptors (Lipinski definition) is 2. The Hall–Kier alpha value is -1.84. The number of nitrogen functional groups attached to an aromatic ring is 1. The standard InChI is InChI=1S/C15H18FN3/c16-12-8-4-5-9-14(12)19-10-13(17)15(18-19)11-6-2-1-3-7-11/h4-5,8-11H,1-3,6-7,17H2. The van der Waals surface area contributed by atoms with Gasteiger partial charge in [-0.25, -0.2) is 9.07 Å². The summed E-state index contributed by atoms with van der Waals surface area (Å²) in [7, 11) is 0. The Morgan fingerprint density at radius 2 is 1.89 bits per heavy atom. The molecule has 1 aliphatic carbocycles. The zero-order chi connectivity index (χ0) is 13.2. The average molecular weight is 259 g/mol. The summed E-state index contributed by atoms with van der Waals surface area (Å²) >= 11 is 0. The molecule has 3 nitrogen and oxygen atoms in total. The molecule has 0 bridgehead atoms. The van der Waals surface area contributed by atoms with E-state index in [2.05, 4.69) is 5.10 Å². The summed E-state index contributed by atoms with van der Waals surface area (Å²) in [5.41, 5.74) is 8.12. The Kier molecular flexibility index (Phi) is 3.23. The lowest BCUT2D eigenvalue weighted by atomic mass is 9.86. The molecule has 0 unspecified atom stereocenters. The van der Waals surface area contributed by atoms with E-state index in [4.69, 9.17) is 5.73 Å². The molecule has 0 saturated heterocycles. The number of aromatic nitrogens is 2. The third kappa shape index (κ3) is 2.35. The summed E-state index contributed by atoms with van der Waals surface area (Å²) in [6.45, 7) is 0. The maximum absolute atomic E-state index is 13.8. The smallest absolute Gasteiger partial charge is 0.148 e. The second kappa shape index (κ2) is 5.03. The fourth-order valence-electron chi connectivity index (χ4n) is 2.85. The number of anilines is 1. The molecular weight excluding hydrogens is 241 g/mol. The highest BCUT2D eigenvalue weighted by Gasteiger charge is 2.21. The van der Waals surface area contributed by atoms with Gasteiger partial charge in [0.2, 0.25) is 0 Å². The first-order valence-corrected chi connectivity index (χ1v) is 6.85. The monoisotopic (exact) mass is 259 g/mol. The van der Waals surface area contributed by atoms with Gasteiger partial charge < -0.3 is 5.73 Å². The van der Waals surface area contributed by atoms with Crippen LogP contribution in [0.5, 0.6) is 0 Å². The highest BCUT2D eigenvalue weighted by atomic mass is 19.1. The summed E-state index contributed by atoms with van der Waals surface area (Å²) in [6, 6.07) is 6.63. The maximum atomic E-state index is 13.8. The van der Waals surface area contributed by atoms with Crippen molar-refractivity contribution in [3.8, 4) is 5.69 Å². The minimum Gasteiger partial charge on any atom is -0.396 e. The third-order valence-corrected chi connectivity index (χ3v) is 3.86. The molecule has 1 aromatic carbocycles. The van der Waals surface area contributed by atoms with Crippen LogP contribution in [0.3, 0.4) is 0 Å². The zero-order valence-electron chi connectivity index (χ0n) is 10.8. The van der Waals surface area contributed by atoms with E-state index in [-0.39, 0.29) is 5.82 Å². The molecule has 1 aromatic heterocycles. The number of rotatable bonds is 2. The van der Waals surface area contributed by atoms with E-state index >= 15 is 0 Å². The SMILES string of the molecule is Nc1cn(-c2ccccc2F)nc1C1CCCCC1. The topological polar surface area (TPSA) is 43.8 Å². The summed E-state index contributed by atoms with van der Waals surface area (Å²) in [5, 5.41) is 4.52. The first kappa shape index (κ1) is 12.2. The summed E-state index contributed by atoms with van der Waals surface area (Å²) in [5.74, 6) is 0.155. The van der Waals surface area contributed by atoms with E-state index in [1.165, 1.54) is 25.3 Å². The van der Waals surface area contributed by atoms with Crippen molar-refractivity contribution >= 4 is 5.69 Å². The Labute approximate surface area is 112 Å². The minimum absolute atomic E-state index is 0.278. The molecule has 0 aliphatic heterocycles. The lowest BCUT2D eigenvalue weighted by Gasteiger charge is -2.20. The number of halogens is 1. The van der Waals surface area contributed by atoms with Crippen molar-refractivity contribution in [3.05, 3.63) is 42.0 Å². The van der Waals surface area contributed by atoms with Crippen LogP contribution in [0.4, 0.5) is 10.1 Å². The van der Waals surface area contributed by atoms with Gasteiger partial charge in [-0.1, -0.05) is 31.4 Å². The van der Waals surface area contributed by atoms with E-state index in [0.717, 1.165) is 18.5 Å². The van der Waals surface area contributed by atoms with Crippen molar-refractivity contribution in [1.29, 1.82) is 0 Å². The van der Waals surface area contributed by atoms with Gasteiger partial charge in [0, 0.05) is 5.92 Å². The fourth-order valence-corrected chi connectivity index (χ4v) is 2.85. The predicted octanol–water partition coefficient (Wildman–Crippen LogP) is 3.64. The second-order valence-electron chi connectivity index (χ2n) is 5.20. The van der Waals surface area contributed by atoms with Crippen LogP contribution in [0, 0.1) is 5.82 Å². The van der Waals surface area contributed by atoms with E-state index in [1.54, 1.807) is 29.1 Å². The number of para-hydroxylation sites is 1. The number of nitrogens with two attached hydrogens (primary N) is 1. The van der Waals surface area contributed by atoms with Crippen molar-refractivity contribution < 1.29 is 4.39 Å². The van der Waals surface area contributed by atoms with Gasteiger partial charge in [0.05, 0.1) is 17.6 Å². The van der Waals surface area contributed by atoms with Crippen molar-refractivity contribution in [2.45, 2.75) is 38.0 Å². The predicted molar refractivity (Wildman–Crippen MR) is 73.8 cm³/mol. The summed E-state index contributed by atoms with van der Waals surface area (Å²) in [6.07, 6.45) is 7.76. The lowest BCUT2D eigenvalue weighted by Crippen LogP contribution is -2.08. The largest absolute Gasteiger partial charge is 0.396 e. The molecule has 0 atom stereocenters. The van der Waals surface area contributed by atoms with Crippen molar-refractivity contribution in [2.24, 2.45) is 0 Å². The molecule has 1 aliphatic rings. The first-order valence-electron chi connectivity index (χ1n) is 6.85. The van der Waals surface area contributed by atoms with Gasteiger partial charge in [0.25, 0.3) is 0 Å². The van der Waals surface area contributed by atoms with Crippen LogP contribution in [0.25, 0.3) is 5.69 Å². The number of nitrogens with zero attached hydrogens (tertiary/aromatic N) is 2. The zero-order valence-corrected chi connectivity index (χ0v) is 10.8. The van der Waals surface area contributed by atoms with Gasteiger partial charge in [0.15, 0.2) is 0 Å². The van der Waals surface area contributed by atoms with Gasteiger partial charge in [-0.05, 0) is 25.0 Å². The third-order valence-electron chi connectivity index (χ3n) is 3.86. The van der Waals surface area contributed by atoms with Gasteiger partial charge in [-0.3, -0.25) is 0 Å². The quantitative estimate of drug-likeness (QED) is 0.894. The van der Waals surface area contributed by atoms with Crippen LogP contribution in [-0.4, -0.2) is 9.78 Å². The van der Waals surface area contributed by atoms with E-state index in [0.29, 0.717) is 17.3 Å². The molecule has 1 saturated carbocycles. The number of benzene rings is 1. The number of hydrogen-bond donors (Lipinski definition) is 1. The van der Waals surface area contributed by atoms with Gasteiger partial charge in [0.1, 0.15) is 11.5 Å². The fraction of sp³-hybridized carbons (Fsp3) is 0.400. The Balaban J connectivity index is 1.95. The molecular formula is C15H18FN3. The molecule has 2 aromatic rings. The van der Waals surface area contributed by atoms with Gasteiger partial charge in [-0.2, -0.15) is 5.10 Å². The van der Waals surface area contributed by atoms with Crippen LogP contribution in [-0.2, 0) is 0 Å². The summed E-state index contributed by atoms with van der Waals surface area (Å²) < 4.78 is 15.3. The minimum atomic E-state index is -0.278. The molecule has 100 valence electrons. The Bertz CT molecular complexity index is 571. The normalized spacial score (nSPS) is 16.7.